The van der Waals surface area contributed by atoms with Crippen molar-refractivity contribution in [1.82, 2.24) is 4.90 Å². The molecule has 0 bridgehead atoms. The number of hydrogen-bond donors (Lipinski definition) is 0. The zero-order chi connectivity index (χ0) is 15.6. The van der Waals surface area contributed by atoms with E-state index in [9.17, 15) is 0 Å². The molecule has 1 saturated heterocycles. The van der Waals surface area contributed by atoms with Gasteiger partial charge in [0.2, 0.25) is 0 Å². The van der Waals surface area contributed by atoms with E-state index in [-0.39, 0.29) is 0 Å². The van der Waals surface area contributed by atoms with Crippen LogP contribution in [-0.4, -0.2) is 44.7 Å². The van der Waals surface area contributed by atoms with Crippen LogP contribution in [0.4, 0.5) is 11.4 Å². The van der Waals surface area contributed by atoms with E-state index in [1.165, 1.54) is 28.9 Å². The topological polar surface area (TPSA) is 9.72 Å². The number of piperazine rings is 1. The van der Waals surface area contributed by atoms with E-state index in [1.54, 1.807) is 0 Å². The molecule has 0 spiro atoms. The first-order chi connectivity index (χ1) is 11.3. The number of hydrogen-bond acceptors (Lipinski definition) is 3. The van der Waals surface area contributed by atoms with Crippen molar-refractivity contribution < 1.29 is 0 Å². The maximum absolute atomic E-state index is 2.56. The Morgan fingerprint density at radius 2 is 1.65 bits per heavy atom. The van der Waals surface area contributed by atoms with Crippen LogP contribution >= 0.6 is 0 Å². The molecule has 2 aliphatic heterocycles. The smallest absolute Gasteiger partial charge is 0.0398 e. The van der Waals surface area contributed by atoms with Crippen LogP contribution in [-0.2, 0) is 13.0 Å². The quantitative estimate of drug-likeness (QED) is 0.863. The van der Waals surface area contributed by atoms with Gasteiger partial charge in [-0.1, -0.05) is 30.3 Å². The second kappa shape index (κ2) is 6.25. The Hall–Kier alpha value is -2.00. The van der Waals surface area contributed by atoms with Crippen molar-refractivity contribution in [1.29, 1.82) is 0 Å². The lowest BCUT2D eigenvalue weighted by atomic mass is 10.1. The van der Waals surface area contributed by atoms with E-state index in [4.69, 9.17) is 0 Å². The van der Waals surface area contributed by atoms with Crippen molar-refractivity contribution in [3.8, 4) is 0 Å². The van der Waals surface area contributed by atoms with Crippen LogP contribution in [0.25, 0.3) is 0 Å². The first-order valence-electron chi connectivity index (χ1n) is 8.65. The Labute approximate surface area is 139 Å². The van der Waals surface area contributed by atoms with Gasteiger partial charge in [0.1, 0.15) is 0 Å². The highest BCUT2D eigenvalue weighted by Gasteiger charge is 2.20. The van der Waals surface area contributed by atoms with E-state index >= 15 is 0 Å². The maximum atomic E-state index is 2.56. The van der Waals surface area contributed by atoms with Crippen LogP contribution in [0.5, 0.6) is 0 Å². The molecule has 0 aliphatic carbocycles. The minimum absolute atomic E-state index is 1.07. The zero-order valence-corrected chi connectivity index (χ0v) is 13.9. The fourth-order valence-corrected chi connectivity index (χ4v) is 3.76. The van der Waals surface area contributed by atoms with Gasteiger partial charge in [0.25, 0.3) is 0 Å². The predicted molar refractivity (Wildman–Crippen MR) is 97.3 cm³/mol. The minimum Gasteiger partial charge on any atom is -0.374 e. The van der Waals surface area contributed by atoms with Crippen molar-refractivity contribution in [2.45, 2.75) is 13.0 Å². The minimum atomic E-state index is 1.07. The normalized spacial score (nSPS) is 18.3. The lowest BCUT2D eigenvalue weighted by Gasteiger charge is -2.36. The third kappa shape index (κ3) is 3.06. The summed E-state index contributed by atoms with van der Waals surface area (Å²) in [6.07, 6.45) is 1.19. The standard InChI is InChI=1S/C20H25N3/c1-21-10-9-18-15-19(7-8-20(18)21)23-13-11-22(12-14-23)16-17-5-3-2-4-6-17/h2-8,15H,9-14,16H2,1H3. The van der Waals surface area contributed by atoms with Gasteiger partial charge in [0.05, 0.1) is 0 Å². The van der Waals surface area contributed by atoms with Gasteiger partial charge in [-0.15, -0.1) is 0 Å². The Kier molecular flexibility index (Phi) is 3.96. The predicted octanol–water partition coefficient (Wildman–Crippen LogP) is 3.00. The van der Waals surface area contributed by atoms with Gasteiger partial charge in [-0.05, 0) is 35.7 Å². The Balaban J connectivity index is 1.38. The molecule has 4 rings (SSSR count). The molecule has 2 heterocycles. The Morgan fingerprint density at radius 3 is 2.43 bits per heavy atom. The molecular formula is C20H25N3. The van der Waals surface area contributed by atoms with Gasteiger partial charge in [-0.25, -0.2) is 0 Å². The molecule has 3 heteroatoms. The second-order valence-corrected chi connectivity index (χ2v) is 6.73. The van der Waals surface area contributed by atoms with E-state index in [0.29, 0.717) is 0 Å². The van der Waals surface area contributed by atoms with Gasteiger partial charge < -0.3 is 9.80 Å². The number of anilines is 2. The van der Waals surface area contributed by atoms with Crippen molar-refractivity contribution in [2.24, 2.45) is 0 Å². The van der Waals surface area contributed by atoms with Crippen molar-refractivity contribution in [3.05, 3.63) is 59.7 Å². The third-order valence-electron chi connectivity index (χ3n) is 5.18. The molecule has 0 atom stereocenters. The average Bonchev–Trinajstić information content (AvgIpc) is 2.97. The SMILES string of the molecule is CN1CCc2cc(N3CCN(Cc4ccccc4)CC3)ccc21. The molecule has 3 nitrogen and oxygen atoms in total. The highest BCUT2D eigenvalue weighted by molar-refractivity contribution is 5.64. The summed E-state index contributed by atoms with van der Waals surface area (Å²) in [5.74, 6) is 0. The summed E-state index contributed by atoms with van der Waals surface area (Å²) in [6.45, 7) is 6.77. The summed E-state index contributed by atoms with van der Waals surface area (Å²) in [7, 11) is 2.19. The van der Waals surface area contributed by atoms with Crippen LogP contribution in [0.1, 0.15) is 11.1 Å². The van der Waals surface area contributed by atoms with Gasteiger partial charge in [-0.2, -0.15) is 0 Å². The van der Waals surface area contributed by atoms with Crippen LogP contribution in [0.15, 0.2) is 48.5 Å². The molecule has 2 aromatic carbocycles. The van der Waals surface area contributed by atoms with Crippen molar-refractivity contribution in [3.63, 3.8) is 0 Å². The summed E-state index contributed by atoms with van der Waals surface area (Å²) in [4.78, 5) is 7.46. The molecule has 23 heavy (non-hydrogen) atoms. The first-order valence-corrected chi connectivity index (χ1v) is 8.65. The summed E-state index contributed by atoms with van der Waals surface area (Å²) in [5.41, 5.74) is 5.74. The number of likely N-dealkylation sites (N-methyl/N-ethyl adjacent to an activating group) is 1. The lowest BCUT2D eigenvalue weighted by molar-refractivity contribution is 0.250. The molecule has 0 radical (unpaired) electrons. The fraction of sp³-hybridized carbons (Fsp3) is 0.400. The zero-order valence-electron chi connectivity index (χ0n) is 13.9. The molecule has 120 valence electrons. The number of rotatable bonds is 3. The van der Waals surface area contributed by atoms with Gasteiger partial charge in [-0.3, -0.25) is 4.90 Å². The summed E-state index contributed by atoms with van der Waals surface area (Å²) in [5, 5.41) is 0. The van der Waals surface area contributed by atoms with Crippen LogP contribution < -0.4 is 9.80 Å². The van der Waals surface area contributed by atoms with Gasteiger partial charge >= 0.3 is 0 Å². The molecule has 2 aliphatic rings. The summed E-state index contributed by atoms with van der Waals surface area (Å²) in [6, 6.07) is 17.8. The van der Waals surface area contributed by atoms with E-state index in [0.717, 1.165) is 39.3 Å². The molecule has 0 aromatic heterocycles. The highest BCUT2D eigenvalue weighted by Crippen LogP contribution is 2.31. The van der Waals surface area contributed by atoms with Crippen molar-refractivity contribution >= 4 is 11.4 Å². The highest BCUT2D eigenvalue weighted by atomic mass is 15.3. The fourth-order valence-electron chi connectivity index (χ4n) is 3.76. The Morgan fingerprint density at radius 1 is 0.870 bits per heavy atom. The molecule has 0 saturated carbocycles. The molecule has 0 unspecified atom stereocenters. The summed E-state index contributed by atoms with van der Waals surface area (Å²) < 4.78 is 0. The first kappa shape index (κ1) is 14.6. The number of fused-ring (bicyclic) bond motifs is 1. The average molecular weight is 307 g/mol. The monoisotopic (exact) mass is 307 g/mol. The third-order valence-corrected chi connectivity index (χ3v) is 5.18. The molecule has 0 N–H and O–H groups in total. The molecular weight excluding hydrogens is 282 g/mol. The van der Waals surface area contributed by atoms with Crippen LogP contribution in [0, 0.1) is 0 Å². The largest absolute Gasteiger partial charge is 0.374 e. The Bertz CT molecular complexity index is 660. The van der Waals surface area contributed by atoms with E-state index in [2.05, 4.69) is 70.3 Å². The summed E-state index contributed by atoms with van der Waals surface area (Å²) >= 11 is 0. The molecule has 0 amide bonds. The van der Waals surface area contributed by atoms with Gasteiger partial charge in [0, 0.05) is 57.7 Å². The van der Waals surface area contributed by atoms with Crippen LogP contribution in [0.2, 0.25) is 0 Å². The van der Waals surface area contributed by atoms with Gasteiger partial charge in [0.15, 0.2) is 0 Å². The number of nitrogens with zero attached hydrogens (tertiary/aromatic N) is 3. The molecule has 2 aromatic rings. The second-order valence-electron chi connectivity index (χ2n) is 6.73. The lowest BCUT2D eigenvalue weighted by Crippen LogP contribution is -2.46. The van der Waals surface area contributed by atoms with E-state index < -0.39 is 0 Å². The maximum Gasteiger partial charge on any atom is 0.0398 e. The van der Waals surface area contributed by atoms with Crippen LogP contribution in [0.3, 0.4) is 0 Å². The number of benzene rings is 2. The van der Waals surface area contributed by atoms with Crippen molar-refractivity contribution in [2.75, 3.05) is 49.6 Å². The molecule has 1 fully saturated rings. The van der Waals surface area contributed by atoms with E-state index in [1.807, 2.05) is 0 Å².